The lowest BCUT2D eigenvalue weighted by Crippen LogP contribution is -2.42. The highest BCUT2D eigenvalue weighted by Gasteiger charge is 2.53. The summed E-state index contributed by atoms with van der Waals surface area (Å²) in [7, 11) is 0. The second kappa shape index (κ2) is 10.1. The third kappa shape index (κ3) is 3.99. The van der Waals surface area contributed by atoms with E-state index in [4.69, 9.17) is 4.74 Å². The average Bonchev–Trinajstić information content (AvgIpc) is 3.12. The predicted molar refractivity (Wildman–Crippen MR) is 153 cm³/mol. The molecule has 2 atom stereocenters. The third-order valence-electron chi connectivity index (χ3n) is 7.46. The molecule has 0 saturated heterocycles. The van der Waals surface area contributed by atoms with Gasteiger partial charge in [-0.2, -0.15) is 0 Å². The molecule has 7 heteroatoms. The van der Waals surface area contributed by atoms with Crippen LogP contribution in [0.4, 0.5) is 22.7 Å². The van der Waals surface area contributed by atoms with Gasteiger partial charge in [0.25, 0.3) is 11.8 Å². The normalized spacial score (nSPS) is 18.7. The van der Waals surface area contributed by atoms with E-state index in [9.17, 15) is 19.8 Å². The second-order valence-electron chi connectivity index (χ2n) is 9.88. The van der Waals surface area contributed by atoms with Crippen molar-refractivity contribution < 1.29 is 24.5 Å². The number of benzene rings is 4. The summed E-state index contributed by atoms with van der Waals surface area (Å²) in [6, 6.07) is 28.8. The molecule has 4 aromatic rings. The lowest BCUT2D eigenvalue weighted by Gasteiger charge is -2.28. The van der Waals surface area contributed by atoms with E-state index in [1.165, 1.54) is 4.90 Å². The Kier molecular flexibility index (Phi) is 6.46. The molecule has 0 aliphatic carbocycles. The number of aliphatic hydroxyl groups is 2. The summed E-state index contributed by atoms with van der Waals surface area (Å²) in [5.41, 5.74) is 1.09. The number of anilines is 4. The first kappa shape index (κ1) is 25.6. The molecular weight excluding hydrogens is 504 g/mol. The molecule has 40 heavy (non-hydrogen) atoms. The van der Waals surface area contributed by atoms with Crippen molar-refractivity contribution in [1.29, 1.82) is 0 Å². The second-order valence-corrected chi connectivity index (χ2v) is 9.88. The molecule has 2 heterocycles. The zero-order valence-electron chi connectivity index (χ0n) is 21.9. The number of carbonyl (C=O) groups excluding carboxylic acids is 2. The minimum atomic E-state index is -1.91. The van der Waals surface area contributed by atoms with Gasteiger partial charge in [0.1, 0.15) is 5.75 Å². The number of ether oxygens (including phenoxy) is 1. The van der Waals surface area contributed by atoms with Gasteiger partial charge in [0.15, 0.2) is 11.4 Å². The van der Waals surface area contributed by atoms with Gasteiger partial charge in [0.05, 0.1) is 16.9 Å². The molecule has 200 valence electrons. The average molecular weight is 533 g/mol. The van der Waals surface area contributed by atoms with Crippen LogP contribution in [0, 0.1) is 5.92 Å². The molecule has 0 unspecified atom stereocenters. The van der Waals surface area contributed by atoms with E-state index in [0.717, 1.165) is 0 Å². The van der Waals surface area contributed by atoms with Crippen LogP contribution in [-0.2, 0) is 10.4 Å². The van der Waals surface area contributed by atoms with Gasteiger partial charge in [-0.1, -0.05) is 61.5 Å². The lowest BCUT2D eigenvalue weighted by atomic mass is 9.82. The van der Waals surface area contributed by atoms with Gasteiger partial charge in [-0.3, -0.25) is 19.4 Å². The monoisotopic (exact) mass is 532 g/mol. The quantitative estimate of drug-likeness (QED) is 0.288. The third-order valence-corrected chi connectivity index (χ3v) is 7.46. The Balaban J connectivity index is 1.54. The number of rotatable bonds is 6. The van der Waals surface area contributed by atoms with Gasteiger partial charge in [0.2, 0.25) is 0 Å². The lowest BCUT2D eigenvalue weighted by molar-refractivity contribution is -0.138. The van der Waals surface area contributed by atoms with Crippen LogP contribution in [0.25, 0.3) is 0 Å². The maximum atomic E-state index is 14.0. The summed E-state index contributed by atoms with van der Waals surface area (Å²) in [5.74, 6) is -0.426. The van der Waals surface area contributed by atoms with Crippen LogP contribution in [0.2, 0.25) is 0 Å². The highest BCUT2D eigenvalue weighted by molar-refractivity contribution is 6.16. The molecule has 2 aliphatic rings. The van der Waals surface area contributed by atoms with Crippen LogP contribution in [-0.4, -0.2) is 28.6 Å². The molecule has 0 aromatic heterocycles. The number of para-hydroxylation sites is 4. The fourth-order valence-electron chi connectivity index (χ4n) is 5.41. The summed E-state index contributed by atoms with van der Waals surface area (Å²) in [6.45, 7) is 1.74. The number of carbonyl (C=O) groups is 2. The van der Waals surface area contributed by atoms with Crippen molar-refractivity contribution >= 4 is 34.6 Å². The van der Waals surface area contributed by atoms with Gasteiger partial charge < -0.3 is 14.9 Å². The maximum Gasteiger partial charge on any atom is 0.268 e. The summed E-state index contributed by atoms with van der Waals surface area (Å²) in [5, 5.41) is 21.4. The van der Waals surface area contributed by atoms with E-state index in [2.05, 4.69) is 0 Å². The number of amides is 2. The van der Waals surface area contributed by atoms with Crippen molar-refractivity contribution in [2.45, 2.75) is 18.9 Å². The highest BCUT2D eigenvalue weighted by Crippen LogP contribution is 2.51. The Morgan fingerprint density at radius 3 is 2.30 bits per heavy atom. The topological polar surface area (TPSA) is 90.3 Å². The van der Waals surface area contributed by atoms with E-state index in [1.54, 1.807) is 72.5 Å². The summed E-state index contributed by atoms with van der Waals surface area (Å²) in [4.78, 5) is 31.1. The van der Waals surface area contributed by atoms with Crippen LogP contribution in [0.15, 0.2) is 109 Å². The van der Waals surface area contributed by atoms with Crippen LogP contribution in [0.5, 0.6) is 11.5 Å². The Morgan fingerprint density at radius 1 is 0.825 bits per heavy atom. The molecular formula is C33H28N2O5. The molecule has 0 bridgehead atoms. The summed E-state index contributed by atoms with van der Waals surface area (Å²) < 4.78 is 6.14. The van der Waals surface area contributed by atoms with Crippen molar-refractivity contribution in [2.75, 3.05) is 16.4 Å². The molecule has 0 fully saturated rings. The van der Waals surface area contributed by atoms with E-state index in [0.29, 0.717) is 51.8 Å². The van der Waals surface area contributed by atoms with Crippen molar-refractivity contribution in [3.8, 4) is 11.5 Å². The first-order valence-corrected chi connectivity index (χ1v) is 13.2. The van der Waals surface area contributed by atoms with Crippen molar-refractivity contribution in [3.63, 3.8) is 0 Å². The van der Waals surface area contributed by atoms with Gasteiger partial charge in [-0.25, -0.2) is 0 Å². The summed E-state index contributed by atoms with van der Waals surface area (Å²) in [6.07, 6.45) is 3.91. The molecule has 2 N–H and O–H groups in total. The fraction of sp³-hybridized carbons (Fsp3) is 0.152. The number of hydrogen-bond donors (Lipinski definition) is 2. The minimum Gasteiger partial charge on any atom is -0.454 e. The Labute approximate surface area is 232 Å². The van der Waals surface area contributed by atoms with E-state index >= 15 is 0 Å². The van der Waals surface area contributed by atoms with Crippen LogP contribution >= 0.6 is 0 Å². The van der Waals surface area contributed by atoms with Gasteiger partial charge in [-0.05, 0) is 61.0 Å². The number of nitrogens with zero attached hydrogens (tertiary/aromatic N) is 2. The smallest absolute Gasteiger partial charge is 0.268 e. The van der Waals surface area contributed by atoms with Crippen LogP contribution in [0.3, 0.4) is 0 Å². The molecule has 2 aliphatic heterocycles. The van der Waals surface area contributed by atoms with E-state index < -0.39 is 17.4 Å². The number of aliphatic hydroxyl groups excluding tert-OH is 1. The summed E-state index contributed by atoms with van der Waals surface area (Å²) >= 11 is 0. The van der Waals surface area contributed by atoms with E-state index in [1.807, 2.05) is 48.5 Å². The number of hydrogen-bond acceptors (Lipinski definition) is 5. The van der Waals surface area contributed by atoms with Gasteiger partial charge in [-0.15, -0.1) is 0 Å². The molecule has 4 aromatic carbocycles. The molecule has 6 rings (SSSR count). The van der Waals surface area contributed by atoms with Gasteiger partial charge in [0, 0.05) is 29.5 Å². The Bertz CT molecular complexity index is 1630. The Morgan fingerprint density at radius 2 is 1.52 bits per heavy atom. The van der Waals surface area contributed by atoms with Crippen LogP contribution < -0.4 is 14.5 Å². The molecule has 0 spiro atoms. The van der Waals surface area contributed by atoms with Crippen LogP contribution in [0.1, 0.15) is 29.3 Å². The van der Waals surface area contributed by atoms with Crippen molar-refractivity contribution in [2.24, 2.45) is 5.92 Å². The molecule has 2 amide bonds. The fourth-order valence-corrected chi connectivity index (χ4v) is 5.41. The Hall–Kier alpha value is -4.72. The van der Waals surface area contributed by atoms with Gasteiger partial charge >= 0.3 is 0 Å². The standard InChI is InChI=1S/C33H28N2O5/c1-22(11-9-10-20-36)33(39)26-21-24(18-19-27(26)35(32(33)38)23-12-3-2-4-13-23)34-28-15-6-8-17-30(28)40-29-16-7-5-14-25(29)31(34)37/h2-9,11-19,21-22,36,39H,10,20H2,1H3/b11-9+/t22-,33+/m0/s1. The zero-order chi connectivity index (χ0) is 27.9. The SMILES string of the molecule is C[C@@H](/C=C/CCO)[C@]1(O)C(=O)N(c2ccccc2)c2ccc(N3C(=O)c4ccccc4Oc4ccccc43)cc21. The minimum absolute atomic E-state index is 0.0352. The van der Waals surface area contributed by atoms with Crippen molar-refractivity contribution in [1.82, 2.24) is 0 Å². The van der Waals surface area contributed by atoms with Crippen molar-refractivity contribution in [3.05, 3.63) is 120 Å². The maximum absolute atomic E-state index is 14.0. The number of fused-ring (bicyclic) bond motifs is 3. The zero-order valence-corrected chi connectivity index (χ0v) is 21.9. The first-order chi connectivity index (χ1) is 19.4. The largest absolute Gasteiger partial charge is 0.454 e. The first-order valence-electron chi connectivity index (χ1n) is 13.2. The molecule has 0 radical (unpaired) electrons. The molecule has 0 saturated carbocycles. The predicted octanol–water partition coefficient (Wildman–Crippen LogP) is 6.21. The highest BCUT2D eigenvalue weighted by atomic mass is 16.5. The van der Waals surface area contributed by atoms with E-state index in [-0.39, 0.29) is 12.5 Å². The molecule has 7 nitrogen and oxygen atoms in total.